The Morgan fingerprint density at radius 3 is 2.26 bits per heavy atom. The van der Waals surface area contributed by atoms with Crippen LogP contribution in [0.5, 0.6) is 0 Å². The lowest BCUT2D eigenvalue weighted by Gasteiger charge is -2.36. The van der Waals surface area contributed by atoms with Crippen LogP contribution in [-0.4, -0.2) is 47.0 Å². The number of carbonyl (C=O) groups excluding carboxylic acids is 3. The fraction of sp³-hybridized carbons (Fsp3) is 0.531. The maximum Gasteiger partial charge on any atom is 0.408 e. The summed E-state index contributed by atoms with van der Waals surface area (Å²) in [6.07, 6.45) is 4.87. The maximum atomic E-state index is 14.3. The molecule has 0 saturated heterocycles. The Balaban J connectivity index is 1.98. The highest BCUT2D eigenvalue weighted by Gasteiger charge is 2.37. The SMILES string of the molecule is CCN(C(=O)C(Cc1ccccc1)NC(=O)OC(C)(C)C)C(C(=O)NC1CCCCC1)c1cccc(C)c1C. The molecule has 3 rings (SSSR count). The number of rotatable bonds is 9. The van der Waals surface area contributed by atoms with Crippen molar-refractivity contribution in [2.24, 2.45) is 0 Å². The van der Waals surface area contributed by atoms with Gasteiger partial charge < -0.3 is 20.3 Å². The highest BCUT2D eigenvalue weighted by molar-refractivity contribution is 5.92. The Bertz CT molecular complexity index is 1120. The molecule has 0 aliphatic heterocycles. The molecular weight excluding hydrogens is 490 g/mol. The van der Waals surface area contributed by atoms with Gasteiger partial charge in [0.1, 0.15) is 17.7 Å². The van der Waals surface area contributed by atoms with Gasteiger partial charge in [-0.2, -0.15) is 0 Å². The van der Waals surface area contributed by atoms with Crippen molar-refractivity contribution >= 4 is 17.9 Å². The number of nitrogens with zero attached hydrogens (tertiary/aromatic N) is 1. The summed E-state index contributed by atoms with van der Waals surface area (Å²) in [4.78, 5) is 42.6. The normalized spacial score (nSPS) is 15.6. The maximum absolute atomic E-state index is 14.3. The van der Waals surface area contributed by atoms with Crippen LogP contribution in [0.4, 0.5) is 4.79 Å². The summed E-state index contributed by atoms with van der Waals surface area (Å²) in [5.41, 5.74) is 3.02. The predicted octanol–water partition coefficient (Wildman–Crippen LogP) is 5.78. The number of alkyl carbamates (subject to hydrolysis) is 1. The van der Waals surface area contributed by atoms with E-state index in [4.69, 9.17) is 4.74 Å². The molecule has 2 N–H and O–H groups in total. The number of hydrogen-bond donors (Lipinski definition) is 2. The largest absolute Gasteiger partial charge is 0.444 e. The zero-order valence-corrected chi connectivity index (χ0v) is 24.4. The second-order valence-corrected chi connectivity index (χ2v) is 11.5. The number of amides is 3. The second kappa shape index (κ2) is 13.6. The van der Waals surface area contributed by atoms with E-state index >= 15 is 0 Å². The van der Waals surface area contributed by atoms with Crippen LogP contribution in [0.25, 0.3) is 0 Å². The highest BCUT2D eigenvalue weighted by Crippen LogP contribution is 2.28. The van der Waals surface area contributed by atoms with E-state index in [9.17, 15) is 14.4 Å². The van der Waals surface area contributed by atoms with E-state index in [2.05, 4.69) is 10.6 Å². The molecule has 1 fully saturated rings. The molecule has 7 nitrogen and oxygen atoms in total. The van der Waals surface area contributed by atoms with Crippen molar-refractivity contribution in [3.05, 3.63) is 70.8 Å². The Labute approximate surface area is 233 Å². The summed E-state index contributed by atoms with van der Waals surface area (Å²) in [7, 11) is 0. The van der Waals surface area contributed by atoms with Crippen molar-refractivity contribution in [1.82, 2.24) is 15.5 Å². The number of nitrogens with one attached hydrogen (secondary N) is 2. The van der Waals surface area contributed by atoms with E-state index < -0.39 is 23.8 Å². The van der Waals surface area contributed by atoms with Crippen LogP contribution in [0.15, 0.2) is 48.5 Å². The van der Waals surface area contributed by atoms with Gasteiger partial charge in [-0.15, -0.1) is 0 Å². The predicted molar refractivity (Wildman–Crippen MR) is 154 cm³/mol. The van der Waals surface area contributed by atoms with E-state index in [1.807, 2.05) is 69.3 Å². The average Bonchev–Trinajstić information content (AvgIpc) is 2.88. The van der Waals surface area contributed by atoms with Crippen molar-refractivity contribution < 1.29 is 19.1 Å². The van der Waals surface area contributed by atoms with E-state index in [1.54, 1.807) is 25.7 Å². The summed E-state index contributed by atoms with van der Waals surface area (Å²) in [6, 6.07) is 13.8. The minimum atomic E-state index is -0.905. The molecule has 2 atom stereocenters. The Morgan fingerprint density at radius 2 is 1.64 bits per heavy atom. The van der Waals surface area contributed by atoms with Gasteiger partial charge in [0.25, 0.3) is 0 Å². The van der Waals surface area contributed by atoms with Gasteiger partial charge in [-0.1, -0.05) is 67.8 Å². The van der Waals surface area contributed by atoms with Crippen LogP contribution in [0, 0.1) is 13.8 Å². The van der Waals surface area contributed by atoms with E-state index in [0.29, 0.717) is 6.54 Å². The molecule has 0 radical (unpaired) electrons. The zero-order chi connectivity index (χ0) is 28.6. The molecule has 212 valence electrons. The van der Waals surface area contributed by atoms with E-state index in [1.165, 1.54) is 6.42 Å². The number of ether oxygens (including phenoxy) is 1. The average molecular weight is 536 g/mol. The van der Waals surface area contributed by atoms with Crippen LogP contribution in [0.1, 0.15) is 88.1 Å². The molecular formula is C32H45N3O4. The molecule has 0 spiro atoms. The molecule has 1 aliphatic carbocycles. The summed E-state index contributed by atoms with van der Waals surface area (Å²) in [6.45, 7) is 11.5. The number of aryl methyl sites for hydroxylation is 1. The quantitative estimate of drug-likeness (QED) is 0.426. The first-order valence-corrected chi connectivity index (χ1v) is 14.2. The van der Waals surface area contributed by atoms with Gasteiger partial charge >= 0.3 is 6.09 Å². The fourth-order valence-corrected chi connectivity index (χ4v) is 5.21. The second-order valence-electron chi connectivity index (χ2n) is 11.5. The number of likely N-dealkylation sites (N-methyl/N-ethyl adjacent to an activating group) is 1. The van der Waals surface area contributed by atoms with Gasteiger partial charge in [0.15, 0.2) is 0 Å². The van der Waals surface area contributed by atoms with Crippen molar-refractivity contribution in [3.8, 4) is 0 Å². The molecule has 2 unspecified atom stereocenters. The fourth-order valence-electron chi connectivity index (χ4n) is 5.21. The molecule has 2 aromatic rings. The highest BCUT2D eigenvalue weighted by atomic mass is 16.6. The number of hydrogen-bond acceptors (Lipinski definition) is 4. The van der Waals surface area contributed by atoms with Crippen LogP contribution in [0.3, 0.4) is 0 Å². The van der Waals surface area contributed by atoms with Gasteiger partial charge in [-0.05, 0) is 76.6 Å². The zero-order valence-electron chi connectivity index (χ0n) is 24.4. The molecule has 0 aromatic heterocycles. The van der Waals surface area contributed by atoms with Crippen LogP contribution in [-0.2, 0) is 20.7 Å². The minimum Gasteiger partial charge on any atom is -0.444 e. The standard InChI is InChI=1S/C32H45N3O4/c1-7-35(30(37)27(21-24-16-10-8-11-17-24)34-31(38)39-32(4,5)6)28(26-20-14-15-22(2)23(26)3)29(36)33-25-18-12-9-13-19-25/h8,10-11,14-17,20,25,27-28H,7,9,12-13,18-19,21H2,1-6H3,(H,33,36)(H,34,38). The van der Waals surface area contributed by atoms with Crippen LogP contribution < -0.4 is 10.6 Å². The van der Waals surface area contributed by atoms with Gasteiger partial charge in [0, 0.05) is 19.0 Å². The number of benzene rings is 2. The first-order valence-electron chi connectivity index (χ1n) is 14.2. The summed E-state index contributed by atoms with van der Waals surface area (Å²) < 4.78 is 5.50. The number of carbonyl (C=O) groups is 3. The molecule has 0 heterocycles. The van der Waals surface area contributed by atoms with Crippen molar-refractivity contribution in [2.45, 2.75) is 104 Å². The van der Waals surface area contributed by atoms with Gasteiger partial charge in [0.2, 0.25) is 11.8 Å². The first-order chi connectivity index (χ1) is 18.5. The topological polar surface area (TPSA) is 87.7 Å². The Hall–Kier alpha value is -3.35. The smallest absolute Gasteiger partial charge is 0.408 e. The summed E-state index contributed by atoms with van der Waals surface area (Å²) in [5, 5.41) is 6.05. The minimum absolute atomic E-state index is 0.104. The lowest BCUT2D eigenvalue weighted by molar-refractivity contribution is -0.142. The Morgan fingerprint density at radius 1 is 0.974 bits per heavy atom. The molecule has 0 bridgehead atoms. The third-order valence-electron chi connectivity index (χ3n) is 7.35. The monoisotopic (exact) mass is 535 g/mol. The van der Waals surface area contributed by atoms with Gasteiger partial charge in [-0.3, -0.25) is 9.59 Å². The molecule has 3 amide bonds. The van der Waals surface area contributed by atoms with Gasteiger partial charge in [0.05, 0.1) is 0 Å². The lowest BCUT2D eigenvalue weighted by Crippen LogP contribution is -2.54. The third-order valence-corrected chi connectivity index (χ3v) is 7.35. The van der Waals surface area contributed by atoms with E-state index in [-0.39, 0.29) is 24.3 Å². The van der Waals surface area contributed by atoms with Crippen LogP contribution >= 0.6 is 0 Å². The summed E-state index contributed by atoms with van der Waals surface area (Å²) >= 11 is 0. The van der Waals surface area contributed by atoms with Crippen molar-refractivity contribution in [1.29, 1.82) is 0 Å². The molecule has 1 aliphatic rings. The van der Waals surface area contributed by atoms with Crippen LogP contribution in [0.2, 0.25) is 0 Å². The lowest BCUT2D eigenvalue weighted by atomic mass is 9.92. The molecule has 1 saturated carbocycles. The Kier molecular flexibility index (Phi) is 10.6. The molecule has 7 heteroatoms. The molecule has 2 aromatic carbocycles. The van der Waals surface area contributed by atoms with Crippen molar-refractivity contribution in [3.63, 3.8) is 0 Å². The molecule has 39 heavy (non-hydrogen) atoms. The third kappa shape index (κ3) is 8.57. The summed E-state index contributed by atoms with van der Waals surface area (Å²) in [5.74, 6) is -0.501. The first kappa shape index (κ1) is 30.2. The van der Waals surface area contributed by atoms with Gasteiger partial charge in [-0.25, -0.2) is 4.79 Å². The van der Waals surface area contributed by atoms with Crippen molar-refractivity contribution in [2.75, 3.05) is 6.54 Å². The van der Waals surface area contributed by atoms with E-state index in [0.717, 1.165) is 47.9 Å².